The van der Waals surface area contributed by atoms with Gasteiger partial charge in [-0.3, -0.25) is 0 Å². The molecule has 0 saturated carbocycles. The van der Waals surface area contributed by atoms with Crippen molar-refractivity contribution in [2.75, 3.05) is 27.2 Å². The van der Waals surface area contributed by atoms with Crippen molar-refractivity contribution in [3.05, 3.63) is 0 Å². The number of likely N-dealkylation sites (tertiary alicyclic amines) is 1. The van der Waals surface area contributed by atoms with Crippen LogP contribution in [0.3, 0.4) is 0 Å². The molecule has 2 unspecified atom stereocenters. The molecule has 0 aromatic rings. The Kier molecular flexibility index (Phi) is 4.19. The van der Waals surface area contributed by atoms with Gasteiger partial charge in [-0.25, -0.2) is 0 Å². The van der Waals surface area contributed by atoms with Crippen molar-refractivity contribution >= 4 is 20.6 Å². The summed E-state index contributed by atoms with van der Waals surface area (Å²) in [5.74, 6) is 1.22. The molecule has 2 atom stereocenters. The Labute approximate surface area is 88.2 Å². The number of oxime groups is 1. The van der Waals surface area contributed by atoms with E-state index in [1.165, 1.54) is 6.42 Å². The van der Waals surface area contributed by atoms with Gasteiger partial charge in [0.1, 0.15) is 11.7 Å². The Morgan fingerprint density at radius 1 is 1.62 bits per heavy atom. The van der Waals surface area contributed by atoms with E-state index < -0.39 is 0 Å². The molecular weight excluding hydrogens is 232 g/mol. The van der Waals surface area contributed by atoms with Gasteiger partial charge in [-0.15, -0.1) is 0 Å². The summed E-state index contributed by atoms with van der Waals surface area (Å²) in [4.78, 5) is 7.11. The van der Waals surface area contributed by atoms with Gasteiger partial charge < -0.3 is 9.74 Å². The highest BCUT2D eigenvalue weighted by molar-refractivity contribution is 9.18. The van der Waals surface area contributed by atoms with E-state index in [1.807, 2.05) is 0 Å². The first kappa shape index (κ1) is 11.0. The second-order valence-corrected chi connectivity index (χ2v) is 4.41. The van der Waals surface area contributed by atoms with E-state index in [0.717, 1.165) is 17.7 Å². The second-order valence-electron chi connectivity index (χ2n) is 3.59. The van der Waals surface area contributed by atoms with E-state index in [9.17, 15) is 0 Å². The summed E-state index contributed by atoms with van der Waals surface area (Å²) in [6, 6.07) is 0. The van der Waals surface area contributed by atoms with Crippen LogP contribution in [0, 0.1) is 11.8 Å². The molecule has 0 N–H and O–H groups in total. The lowest BCUT2D eigenvalue weighted by Gasteiger charge is -2.13. The fourth-order valence-corrected chi connectivity index (χ4v) is 2.59. The normalized spacial score (nSPS) is 30.9. The van der Waals surface area contributed by atoms with E-state index in [4.69, 9.17) is 4.84 Å². The van der Waals surface area contributed by atoms with Crippen molar-refractivity contribution in [3.8, 4) is 0 Å². The van der Waals surface area contributed by atoms with Crippen molar-refractivity contribution in [2.24, 2.45) is 17.0 Å². The molecule has 0 radical (unpaired) electrons. The van der Waals surface area contributed by atoms with Crippen LogP contribution in [0.5, 0.6) is 0 Å². The maximum absolute atomic E-state index is 4.77. The predicted octanol–water partition coefficient (Wildman–Crippen LogP) is 1.93. The average molecular weight is 249 g/mol. The second kappa shape index (κ2) is 4.96. The molecule has 1 aliphatic heterocycles. The molecule has 1 saturated heterocycles. The minimum absolute atomic E-state index is 0.509. The Morgan fingerprint density at radius 3 is 2.85 bits per heavy atom. The molecule has 3 nitrogen and oxygen atoms in total. The van der Waals surface area contributed by atoms with E-state index in [2.05, 4.69) is 40.0 Å². The SMILES string of the molecule is CCC1CN(C)CC1C(Br)=NOC. The number of rotatable bonds is 3. The molecular formula is C9H17BrN2O. The standard InChI is InChI=1S/C9H17BrN2O/c1-4-7-5-12(2)6-8(7)9(10)11-13-3/h7-8H,4-6H2,1-3H3. The van der Waals surface area contributed by atoms with Crippen molar-refractivity contribution < 1.29 is 4.84 Å². The third-order valence-electron chi connectivity index (χ3n) is 2.63. The number of hydrogen-bond donors (Lipinski definition) is 0. The molecule has 1 fully saturated rings. The van der Waals surface area contributed by atoms with Crippen LogP contribution < -0.4 is 0 Å². The van der Waals surface area contributed by atoms with Crippen LogP contribution in [0.4, 0.5) is 0 Å². The summed E-state index contributed by atoms with van der Waals surface area (Å²) < 4.78 is 0.950. The summed E-state index contributed by atoms with van der Waals surface area (Å²) in [6.07, 6.45) is 1.20. The quantitative estimate of drug-likeness (QED) is 0.564. The van der Waals surface area contributed by atoms with Gasteiger partial charge in [-0.2, -0.15) is 0 Å². The predicted molar refractivity (Wildman–Crippen MR) is 58.1 cm³/mol. The van der Waals surface area contributed by atoms with Crippen LogP contribution in [0.2, 0.25) is 0 Å². The van der Waals surface area contributed by atoms with Crippen LogP contribution in [-0.2, 0) is 4.84 Å². The smallest absolute Gasteiger partial charge is 0.127 e. The lowest BCUT2D eigenvalue weighted by atomic mass is 9.95. The lowest BCUT2D eigenvalue weighted by molar-refractivity contribution is 0.212. The van der Waals surface area contributed by atoms with Crippen LogP contribution in [0.15, 0.2) is 5.16 Å². The first-order valence-electron chi connectivity index (χ1n) is 4.64. The van der Waals surface area contributed by atoms with Gasteiger partial charge in [-0.1, -0.05) is 18.5 Å². The molecule has 0 aromatic heterocycles. The highest BCUT2D eigenvalue weighted by atomic mass is 79.9. The molecule has 76 valence electrons. The number of nitrogens with zero attached hydrogens (tertiary/aromatic N) is 2. The summed E-state index contributed by atoms with van der Waals surface area (Å²) in [7, 11) is 3.73. The molecule has 0 spiro atoms. The van der Waals surface area contributed by atoms with Crippen molar-refractivity contribution in [1.29, 1.82) is 0 Å². The molecule has 4 heteroatoms. The molecule has 0 bridgehead atoms. The van der Waals surface area contributed by atoms with Gasteiger partial charge >= 0.3 is 0 Å². The zero-order valence-electron chi connectivity index (χ0n) is 8.46. The van der Waals surface area contributed by atoms with Gasteiger partial charge in [0.05, 0.1) is 0 Å². The van der Waals surface area contributed by atoms with Crippen molar-refractivity contribution in [2.45, 2.75) is 13.3 Å². The van der Waals surface area contributed by atoms with Gasteiger partial charge in [0.25, 0.3) is 0 Å². The maximum atomic E-state index is 4.77. The average Bonchev–Trinajstić information content (AvgIpc) is 2.47. The minimum Gasteiger partial charge on any atom is -0.398 e. The maximum Gasteiger partial charge on any atom is 0.127 e. The summed E-state index contributed by atoms with van der Waals surface area (Å²) in [5.41, 5.74) is 0. The molecule has 1 rings (SSSR count). The zero-order chi connectivity index (χ0) is 9.84. The Bertz CT molecular complexity index is 196. The van der Waals surface area contributed by atoms with E-state index in [0.29, 0.717) is 11.8 Å². The largest absolute Gasteiger partial charge is 0.398 e. The molecule has 1 aliphatic rings. The summed E-state index contributed by atoms with van der Waals surface area (Å²) in [6.45, 7) is 4.46. The fourth-order valence-electron chi connectivity index (χ4n) is 1.93. The van der Waals surface area contributed by atoms with Crippen molar-refractivity contribution in [3.63, 3.8) is 0 Å². The monoisotopic (exact) mass is 248 g/mol. The molecule has 13 heavy (non-hydrogen) atoms. The van der Waals surface area contributed by atoms with Gasteiger partial charge in [0.15, 0.2) is 0 Å². The Morgan fingerprint density at radius 2 is 2.31 bits per heavy atom. The minimum atomic E-state index is 0.509. The summed E-state index contributed by atoms with van der Waals surface area (Å²) in [5, 5.41) is 3.95. The first-order valence-corrected chi connectivity index (χ1v) is 5.43. The van der Waals surface area contributed by atoms with Gasteiger partial charge in [0, 0.05) is 19.0 Å². The Balaban J connectivity index is 2.62. The van der Waals surface area contributed by atoms with Gasteiger partial charge in [-0.05, 0) is 28.9 Å². The van der Waals surface area contributed by atoms with Crippen LogP contribution in [-0.4, -0.2) is 36.8 Å². The third-order valence-corrected chi connectivity index (χ3v) is 3.37. The lowest BCUT2D eigenvalue weighted by Crippen LogP contribution is -2.18. The highest BCUT2D eigenvalue weighted by Gasteiger charge is 2.32. The number of hydrogen-bond acceptors (Lipinski definition) is 3. The van der Waals surface area contributed by atoms with Crippen LogP contribution in [0.25, 0.3) is 0 Å². The fraction of sp³-hybridized carbons (Fsp3) is 0.889. The van der Waals surface area contributed by atoms with Gasteiger partial charge in [0.2, 0.25) is 0 Å². The first-order chi connectivity index (χ1) is 6.19. The molecule has 0 aliphatic carbocycles. The van der Waals surface area contributed by atoms with Crippen LogP contribution >= 0.6 is 15.9 Å². The molecule has 0 aromatic carbocycles. The van der Waals surface area contributed by atoms with E-state index >= 15 is 0 Å². The zero-order valence-corrected chi connectivity index (χ0v) is 10.0. The topological polar surface area (TPSA) is 24.8 Å². The third kappa shape index (κ3) is 2.68. The molecule has 1 heterocycles. The van der Waals surface area contributed by atoms with E-state index in [-0.39, 0.29) is 0 Å². The molecule has 0 amide bonds. The van der Waals surface area contributed by atoms with Crippen molar-refractivity contribution in [1.82, 2.24) is 4.90 Å². The number of halogens is 1. The highest BCUT2D eigenvalue weighted by Crippen LogP contribution is 2.28. The summed E-state index contributed by atoms with van der Waals surface area (Å²) >= 11 is 3.47. The Hall–Kier alpha value is -0.0900. The van der Waals surface area contributed by atoms with Crippen LogP contribution in [0.1, 0.15) is 13.3 Å². The van der Waals surface area contributed by atoms with E-state index in [1.54, 1.807) is 7.11 Å².